The third kappa shape index (κ3) is 17.6. The molecule has 2 aromatic rings. The molecule has 0 aliphatic heterocycles. The van der Waals surface area contributed by atoms with Crippen LogP contribution in [-0.2, 0) is 22.7 Å². The summed E-state index contributed by atoms with van der Waals surface area (Å²) in [7, 11) is -2.69. The van der Waals surface area contributed by atoms with Crippen molar-refractivity contribution in [1.29, 1.82) is 0 Å². The zero-order valence-electron chi connectivity index (χ0n) is 30.0. The lowest BCUT2D eigenvalue weighted by Gasteiger charge is -2.45. The lowest BCUT2D eigenvalue weighted by atomic mass is 9.66. The van der Waals surface area contributed by atoms with Crippen molar-refractivity contribution in [2.75, 3.05) is 0 Å². The van der Waals surface area contributed by atoms with Gasteiger partial charge in [-0.3, -0.25) is 9.59 Å². The normalized spacial score (nSPS) is 20.4. The van der Waals surface area contributed by atoms with Gasteiger partial charge in [0.25, 0.3) is 0 Å². The Morgan fingerprint density at radius 1 is 0.611 bits per heavy atom. The predicted molar refractivity (Wildman–Crippen MR) is 225 cm³/mol. The first-order valence-corrected chi connectivity index (χ1v) is 18.1. The summed E-state index contributed by atoms with van der Waals surface area (Å²) in [5, 5.41) is 62.7. The minimum absolute atomic E-state index is 0. The van der Waals surface area contributed by atoms with Gasteiger partial charge in [0, 0.05) is 35.2 Å². The zero-order chi connectivity index (χ0) is 36.9. The van der Waals surface area contributed by atoms with E-state index in [4.69, 9.17) is 54.8 Å². The summed E-state index contributed by atoms with van der Waals surface area (Å²) in [5.74, 6) is -2.07. The van der Waals surface area contributed by atoms with Gasteiger partial charge in [0.05, 0.1) is 0 Å². The summed E-state index contributed by atoms with van der Waals surface area (Å²) in [4.78, 5) is 23.3. The Balaban J connectivity index is 0. The monoisotopic (exact) mass is 880 g/mol. The smallest absolute Gasteiger partial charge is 0.451 e. The lowest BCUT2D eigenvalue weighted by molar-refractivity contribution is -0.149. The Labute approximate surface area is 353 Å². The molecule has 2 aromatic carbocycles. The van der Waals surface area contributed by atoms with Crippen molar-refractivity contribution in [2.45, 2.75) is 113 Å². The van der Waals surface area contributed by atoms with Crippen molar-refractivity contribution < 1.29 is 39.9 Å². The molecule has 2 atom stereocenters. The van der Waals surface area contributed by atoms with Crippen LogP contribution in [0.2, 0.25) is 22.7 Å². The van der Waals surface area contributed by atoms with E-state index >= 15 is 0 Å². The van der Waals surface area contributed by atoms with E-state index in [2.05, 4.69) is 10.6 Å². The molecule has 2 aliphatic carbocycles. The Morgan fingerprint density at radius 3 is 1.17 bits per heavy atom. The molecule has 2 fully saturated rings. The average molecular weight is 883 g/mol. The number of carbonyl (C=O) groups is 2. The molecule has 2 aliphatic rings. The molecule has 0 bridgehead atoms. The number of nitrogens with two attached hydrogens (primary N) is 2. The number of rotatable bonds is 20. The fourth-order valence-electron chi connectivity index (χ4n) is 6.60. The minimum Gasteiger partial charge on any atom is -0.480 e. The molecule has 0 radical (unpaired) electrons. The van der Waals surface area contributed by atoms with Gasteiger partial charge < -0.3 is 52.4 Å². The van der Waals surface area contributed by atoms with Gasteiger partial charge in [-0.05, 0) is 98.4 Å². The average Bonchev–Trinajstić information content (AvgIpc) is 3.01. The fourth-order valence-corrected chi connectivity index (χ4v) is 6.85. The largest absolute Gasteiger partial charge is 0.480 e. The zero-order valence-corrected chi connectivity index (χ0v) is 34.8. The van der Waals surface area contributed by atoms with Crippen LogP contribution < -0.4 is 22.1 Å². The van der Waals surface area contributed by atoms with Gasteiger partial charge in [-0.1, -0.05) is 73.2 Å². The van der Waals surface area contributed by atoms with Crippen LogP contribution in [0.1, 0.15) is 75.3 Å². The quantitative estimate of drug-likeness (QED) is 0.0629. The Hall–Kier alpha value is -1.07. The van der Waals surface area contributed by atoms with Crippen LogP contribution in [0.5, 0.6) is 0 Å². The van der Waals surface area contributed by atoms with Gasteiger partial charge in [0.2, 0.25) is 0 Å². The van der Waals surface area contributed by atoms with Crippen molar-refractivity contribution in [1.82, 2.24) is 10.6 Å². The van der Waals surface area contributed by atoms with Gasteiger partial charge in [-0.25, -0.2) is 0 Å². The van der Waals surface area contributed by atoms with E-state index in [1.54, 1.807) is 0 Å². The van der Waals surface area contributed by atoms with Crippen LogP contribution in [0.15, 0.2) is 48.5 Å². The van der Waals surface area contributed by atoms with E-state index in [9.17, 15) is 19.8 Å². The van der Waals surface area contributed by atoms with E-state index in [1.807, 2.05) is 48.5 Å². The molecular formula is C34H56B2Cl6N4O8. The summed E-state index contributed by atoms with van der Waals surface area (Å²) in [6.45, 7) is 1.43. The van der Waals surface area contributed by atoms with E-state index < -0.39 is 37.3 Å². The van der Waals surface area contributed by atoms with Gasteiger partial charge in [0.1, 0.15) is 11.1 Å². The SMILES string of the molecule is Cl.Cl.Cl.Cl.NC(CCCCB(O)O)(C(=O)O)C1CC(NCc2ccc(Cl)cc2)C1.NC(CCCCB(O)O)(C(=O)O)[C@H]1C[C@@H](NCc2ccc(Cl)cc2)C1. The maximum absolute atomic E-state index is 11.6. The van der Waals surface area contributed by atoms with Crippen LogP contribution in [0.3, 0.4) is 0 Å². The molecule has 0 amide bonds. The Kier molecular flexibility index (Phi) is 27.3. The summed E-state index contributed by atoms with van der Waals surface area (Å²) in [5.41, 5.74) is 12.2. The van der Waals surface area contributed by atoms with E-state index in [1.165, 1.54) is 0 Å². The third-order valence-corrected chi connectivity index (χ3v) is 10.7. The highest BCUT2D eigenvalue weighted by molar-refractivity contribution is 6.41. The number of hydrogen-bond donors (Lipinski definition) is 10. The van der Waals surface area contributed by atoms with Crippen molar-refractivity contribution in [2.24, 2.45) is 23.3 Å². The van der Waals surface area contributed by atoms with Crippen LogP contribution in [0, 0.1) is 11.8 Å². The highest BCUT2D eigenvalue weighted by Gasteiger charge is 2.49. The molecule has 4 rings (SSSR count). The fraction of sp³-hybridized carbons (Fsp3) is 0.588. The number of aliphatic carboxylic acids is 2. The molecular weight excluding hydrogens is 827 g/mol. The molecule has 308 valence electrons. The van der Waals surface area contributed by atoms with E-state index in [-0.39, 0.29) is 86.2 Å². The van der Waals surface area contributed by atoms with Crippen molar-refractivity contribution in [3.63, 3.8) is 0 Å². The van der Waals surface area contributed by atoms with Gasteiger partial charge >= 0.3 is 26.2 Å². The number of halogens is 6. The van der Waals surface area contributed by atoms with E-state index in [0.717, 1.165) is 36.8 Å². The summed E-state index contributed by atoms with van der Waals surface area (Å²) >= 11 is 11.7. The topological polar surface area (TPSA) is 232 Å². The van der Waals surface area contributed by atoms with Gasteiger partial charge in [-0.2, -0.15) is 0 Å². The molecule has 20 heteroatoms. The highest BCUT2D eigenvalue weighted by atomic mass is 35.5. The second kappa shape index (κ2) is 26.8. The first kappa shape index (κ1) is 55.0. The minimum atomic E-state index is -1.35. The summed E-state index contributed by atoms with van der Waals surface area (Å²) < 4.78 is 0. The molecule has 54 heavy (non-hydrogen) atoms. The van der Waals surface area contributed by atoms with Crippen molar-refractivity contribution >= 4 is 99.0 Å². The molecule has 12 nitrogen and oxygen atoms in total. The number of carboxylic acid groups (broad SMARTS) is 2. The number of benzene rings is 2. The molecule has 2 saturated carbocycles. The molecule has 0 heterocycles. The lowest BCUT2D eigenvalue weighted by Crippen LogP contribution is -2.61. The Morgan fingerprint density at radius 2 is 0.907 bits per heavy atom. The van der Waals surface area contributed by atoms with Gasteiger partial charge in [0.15, 0.2) is 0 Å². The predicted octanol–water partition coefficient (Wildman–Crippen LogP) is 4.95. The summed E-state index contributed by atoms with van der Waals surface area (Å²) in [6, 6.07) is 15.8. The van der Waals surface area contributed by atoms with Crippen LogP contribution in [0.25, 0.3) is 0 Å². The van der Waals surface area contributed by atoms with Crippen LogP contribution in [-0.4, -0.2) is 79.6 Å². The first-order chi connectivity index (χ1) is 23.6. The second-order valence-electron chi connectivity index (χ2n) is 13.9. The first-order valence-electron chi connectivity index (χ1n) is 17.3. The highest BCUT2D eigenvalue weighted by Crippen LogP contribution is 2.39. The molecule has 12 N–H and O–H groups in total. The molecule has 0 spiro atoms. The standard InChI is InChI=1S/2C17H26BClN2O4.4ClH/c2*19-14-5-3-12(4-6-14)11-21-15-9-13(10-15)17(20,16(22)23)7-1-2-8-18(24)25;;;;/h2*3-6,13,15,21,24-25H,1-2,7-11,20H2,(H,22,23);4*1H/t13-,15+,17?;;;;;. The molecule has 0 saturated heterocycles. The van der Waals surface area contributed by atoms with Crippen molar-refractivity contribution in [3.05, 3.63) is 69.7 Å². The van der Waals surface area contributed by atoms with Crippen LogP contribution >= 0.6 is 72.8 Å². The summed E-state index contributed by atoms with van der Waals surface area (Å²) in [6.07, 6.45) is 6.36. The second-order valence-corrected chi connectivity index (χ2v) is 14.8. The maximum Gasteiger partial charge on any atom is 0.451 e. The molecule has 2 unspecified atom stereocenters. The Bertz CT molecular complexity index is 1250. The number of nitrogens with one attached hydrogen (secondary N) is 2. The number of hydrogen-bond acceptors (Lipinski definition) is 10. The van der Waals surface area contributed by atoms with Crippen molar-refractivity contribution in [3.8, 4) is 0 Å². The molecule has 0 aromatic heterocycles. The van der Waals surface area contributed by atoms with Gasteiger partial charge in [-0.15, -0.1) is 49.6 Å². The van der Waals surface area contributed by atoms with Crippen LogP contribution in [0.4, 0.5) is 0 Å². The maximum atomic E-state index is 11.6. The number of unbranched alkanes of at least 4 members (excludes halogenated alkanes) is 2. The number of carboxylic acids is 2. The van der Waals surface area contributed by atoms with E-state index in [0.29, 0.717) is 61.7 Å². The third-order valence-electron chi connectivity index (χ3n) is 10.2.